The van der Waals surface area contributed by atoms with E-state index < -0.39 is 18.2 Å². The minimum atomic E-state index is -4.42. The number of ether oxygens (including phenoxy) is 1. The fourth-order valence-electron chi connectivity index (χ4n) is 3.66. The predicted octanol–water partition coefficient (Wildman–Crippen LogP) is 1.92. The molecule has 0 radical (unpaired) electrons. The van der Waals surface area contributed by atoms with Crippen LogP contribution in [0, 0.1) is 11.8 Å². The Kier molecular flexibility index (Phi) is 3.96. The van der Waals surface area contributed by atoms with Crippen molar-refractivity contribution in [3.05, 3.63) is 41.5 Å². The Labute approximate surface area is 148 Å². The van der Waals surface area contributed by atoms with Crippen LogP contribution in [0.2, 0.25) is 0 Å². The zero-order valence-corrected chi connectivity index (χ0v) is 14.2. The average molecular weight is 368 g/mol. The summed E-state index contributed by atoms with van der Waals surface area (Å²) in [5.41, 5.74) is 0.345. The van der Waals surface area contributed by atoms with Crippen LogP contribution >= 0.6 is 0 Å². The van der Waals surface area contributed by atoms with E-state index in [0.29, 0.717) is 17.7 Å². The molecule has 3 heterocycles. The molecular formula is C17H19F3N4O2. The van der Waals surface area contributed by atoms with Crippen molar-refractivity contribution in [1.29, 1.82) is 0 Å². The Hall–Kier alpha value is -2.45. The average Bonchev–Trinajstić information content (AvgIpc) is 3.00. The number of alkyl halides is 3. The first-order chi connectivity index (χ1) is 12.3. The summed E-state index contributed by atoms with van der Waals surface area (Å²) in [6, 6.07) is -1.77. The van der Waals surface area contributed by atoms with Gasteiger partial charge in [-0.2, -0.15) is 18.3 Å². The number of rotatable bonds is 4. The number of esters is 1. The molecule has 140 valence electrons. The number of allylic oxidation sites excluding steroid dienone is 2. The van der Waals surface area contributed by atoms with Crippen molar-refractivity contribution in [2.45, 2.75) is 25.2 Å². The van der Waals surface area contributed by atoms with Gasteiger partial charge in [0.2, 0.25) is 0 Å². The lowest BCUT2D eigenvalue weighted by Crippen LogP contribution is -2.49. The molecule has 1 saturated carbocycles. The summed E-state index contributed by atoms with van der Waals surface area (Å²) in [5.74, 6) is 1.22. The van der Waals surface area contributed by atoms with Crippen molar-refractivity contribution in [2.24, 2.45) is 11.8 Å². The van der Waals surface area contributed by atoms with E-state index in [4.69, 9.17) is 0 Å². The molecule has 1 N–H and O–H groups in total. The van der Waals surface area contributed by atoms with Crippen LogP contribution in [0.1, 0.15) is 16.8 Å². The van der Waals surface area contributed by atoms with Gasteiger partial charge < -0.3 is 15.0 Å². The number of fused-ring (bicyclic) bond motifs is 1. The van der Waals surface area contributed by atoms with E-state index in [1.807, 2.05) is 4.90 Å². The highest BCUT2D eigenvalue weighted by molar-refractivity contribution is 5.88. The maximum absolute atomic E-state index is 13.6. The molecule has 0 bridgehead atoms. The number of nitrogens with zero attached hydrogens (tertiary/aromatic N) is 3. The third-order valence-electron chi connectivity index (χ3n) is 5.16. The Morgan fingerprint density at radius 1 is 1.35 bits per heavy atom. The number of halogens is 3. The van der Waals surface area contributed by atoms with Gasteiger partial charge in [-0.1, -0.05) is 6.08 Å². The second-order valence-corrected chi connectivity index (χ2v) is 6.99. The van der Waals surface area contributed by atoms with E-state index in [-0.39, 0.29) is 17.7 Å². The summed E-state index contributed by atoms with van der Waals surface area (Å²) >= 11 is 0. The molecule has 2 fully saturated rings. The highest BCUT2D eigenvalue weighted by Crippen LogP contribution is 2.46. The lowest BCUT2D eigenvalue weighted by Gasteiger charge is -2.34. The van der Waals surface area contributed by atoms with Gasteiger partial charge >= 0.3 is 12.1 Å². The number of dihydropyridines is 1. The fraction of sp³-hybridized carbons (Fsp3) is 0.529. The summed E-state index contributed by atoms with van der Waals surface area (Å²) in [4.78, 5) is 13.5. The minimum Gasteiger partial charge on any atom is -0.465 e. The molecule has 9 heteroatoms. The zero-order chi connectivity index (χ0) is 18.5. The van der Waals surface area contributed by atoms with Gasteiger partial charge in [-0.25, -0.2) is 4.79 Å². The summed E-state index contributed by atoms with van der Waals surface area (Å²) < 4.78 is 46.6. The maximum Gasteiger partial charge on any atom is 0.412 e. The molecule has 3 atom stereocenters. The van der Waals surface area contributed by atoms with Crippen LogP contribution in [-0.2, 0) is 11.3 Å². The molecular weight excluding hydrogens is 349 g/mol. The highest BCUT2D eigenvalue weighted by Gasteiger charge is 2.48. The minimum absolute atomic E-state index is 0.0663. The number of hydrogen-bond donors (Lipinski definition) is 1. The second kappa shape index (κ2) is 6.07. The lowest BCUT2D eigenvalue weighted by atomic mass is 10.0. The second-order valence-electron chi connectivity index (χ2n) is 6.99. The van der Waals surface area contributed by atoms with E-state index in [1.165, 1.54) is 36.7 Å². The van der Waals surface area contributed by atoms with Crippen molar-refractivity contribution in [1.82, 2.24) is 20.0 Å². The van der Waals surface area contributed by atoms with Crippen LogP contribution in [0.3, 0.4) is 0 Å². The number of carbonyl (C=O) groups is 1. The molecule has 2 aliphatic heterocycles. The van der Waals surface area contributed by atoms with Crippen LogP contribution in [0.5, 0.6) is 0 Å². The summed E-state index contributed by atoms with van der Waals surface area (Å²) in [6.45, 7) is 1.57. The van der Waals surface area contributed by atoms with E-state index in [2.05, 4.69) is 15.2 Å². The molecule has 0 aromatic carbocycles. The standard InChI is InChI=1S/C17H19F3N4O2/c1-26-16(25)13-5-21-24(9-13)8-10-2-3-14(22-15(10)17(18,19)20)23-6-11-4-12(11)7-23/h2-3,5,9,11-12,15,22H,4,6-8H2,1H3. The largest absolute Gasteiger partial charge is 0.465 e. The van der Waals surface area contributed by atoms with Crippen LogP contribution in [0.4, 0.5) is 13.2 Å². The molecule has 3 aliphatic rings. The highest BCUT2D eigenvalue weighted by atomic mass is 19.4. The molecule has 6 nitrogen and oxygen atoms in total. The smallest absolute Gasteiger partial charge is 0.412 e. The van der Waals surface area contributed by atoms with Gasteiger partial charge in [0.05, 0.1) is 25.4 Å². The fourth-order valence-corrected chi connectivity index (χ4v) is 3.66. The molecule has 4 rings (SSSR count). The monoisotopic (exact) mass is 368 g/mol. The van der Waals surface area contributed by atoms with E-state index in [0.717, 1.165) is 13.1 Å². The van der Waals surface area contributed by atoms with Gasteiger partial charge in [-0.15, -0.1) is 0 Å². The van der Waals surface area contributed by atoms with Gasteiger partial charge in [0.15, 0.2) is 0 Å². The van der Waals surface area contributed by atoms with Crippen molar-refractivity contribution < 1.29 is 22.7 Å². The maximum atomic E-state index is 13.6. The number of aromatic nitrogens is 2. The normalized spacial score (nSPS) is 27.4. The third-order valence-corrected chi connectivity index (χ3v) is 5.16. The Bertz CT molecular complexity index is 773. The molecule has 1 aliphatic carbocycles. The predicted molar refractivity (Wildman–Crippen MR) is 85.9 cm³/mol. The first kappa shape index (κ1) is 17.0. The topological polar surface area (TPSA) is 59.4 Å². The van der Waals surface area contributed by atoms with Crippen molar-refractivity contribution in [3.63, 3.8) is 0 Å². The Balaban J connectivity index is 1.53. The van der Waals surface area contributed by atoms with Gasteiger partial charge in [-0.05, 0) is 29.9 Å². The van der Waals surface area contributed by atoms with E-state index in [1.54, 1.807) is 6.08 Å². The first-order valence-corrected chi connectivity index (χ1v) is 8.45. The number of likely N-dealkylation sites (tertiary alicyclic amines) is 1. The summed E-state index contributed by atoms with van der Waals surface area (Å²) in [6.07, 6.45) is 2.64. The molecule has 3 unspecified atom stereocenters. The number of piperidine rings is 1. The number of hydrogen-bond acceptors (Lipinski definition) is 5. The van der Waals surface area contributed by atoms with E-state index >= 15 is 0 Å². The number of methoxy groups -OCH3 is 1. The number of nitrogens with one attached hydrogen (secondary N) is 1. The SMILES string of the molecule is COC(=O)c1cnn(CC2=CC=C(N3CC4CC4C3)NC2C(F)(F)F)c1. The molecule has 26 heavy (non-hydrogen) atoms. The molecule has 1 aromatic rings. The summed E-state index contributed by atoms with van der Waals surface area (Å²) in [5, 5.41) is 6.61. The molecule has 0 amide bonds. The first-order valence-electron chi connectivity index (χ1n) is 8.45. The van der Waals surface area contributed by atoms with Crippen LogP contribution in [-0.4, -0.2) is 53.1 Å². The van der Waals surface area contributed by atoms with E-state index in [9.17, 15) is 18.0 Å². The molecule has 1 aromatic heterocycles. The van der Waals surface area contributed by atoms with Crippen LogP contribution in [0.25, 0.3) is 0 Å². The summed E-state index contributed by atoms with van der Waals surface area (Å²) in [7, 11) is 1.24. The Morgan fingerprint density at radius 3 is 2.73 bits per heavy atom. The van der Waals surface area contributed by atoms with Gasteiger partial charge in [0.25, 0.3) is 0 Å². The van der Waals surface area contributed by atoms with Crippen molar-refractivity contribution in [3.8, 4) is 0 Å². The van der Waals surface area contributed by atoms with Crippen LogP contribution in [0.15, 0.2) is 35.9 Å². The lowest BCUT2D eigenvalue weighted by molar-refractivity contribution is -0.147. The van der Waals surface area contributed by atoms with Gasteiger partial charge in [-0.3, -0.25) is 4.68 Å². The molecule has 0 spiro atoms. The Morgan fingerprint density at radius 2 is 2.08 bits per heavy atom. The van der Waals surface area contributed by atoms with Crippen molar-refractivity contribution >= 4 is 5.97 Å². The zero-order valence-electron chi connectivity index (χ0n) is 14.2. The number of carbonyl (C=O) groups excluding carboxylic acids is 1. The van der Waals surface area contributed by atoms with Gasteiger partial charge in [0, 0.05) is 19.3 Å². The van der Waals surface area contributed by atoms with Crippen molar-refractivity contribution in [2.75, 3.05) is 20.2 Å². The van der Waals surface area contributed by atoms with Gasteiger partial charge in [0.1, 0.15) is 11.9 Å². The quantitative estimate of drug-likeness (QED) is 0.823. The third kappa shape index (κ3) is 3.17. The molecule has 1 saturated heterocycles. The van der Waals surface area contributed by atoms with Crippen LogP contribution < -0.4 is 5.32 Å².